The Bertz CT molecular complexity index is 745. The summed E-state index contributed by atoms with van der Waals surface area (Å²) in [5, 5.41) is 0. The summed E-state index contributed by atoms with van der Waals surface area (Å²) in [6, 6.07) is 0. The molecule has 5 rings (SSSR count). The van der Waals surface area contributed by atoms with E-state index in [0.717, 1.165) is 29.6 Å². The summed E-state index contributed by atoms with van der Waals surface area (Å²) in [6.07, 6.45) is 17.7. The lowest BCUT2D eigenvalue weighted by atomic mass is 9.32. The zero-order valence-electron chi connectivity index (χ0n) is 24.1. The third-order valence-corrected chi connectivity index (χ3v) is 13.7. The van der Waals surface area contributed by atoms with E-state index in [1.54, 1.807) is 0 Å². The van der Waals surface area contributed by atoms with Gasteiger partial charge >= 0.3 is 0 Å². The largest absolute Gasteiger partial charge is 0.0998 e. The lowest BCUT2D eigenvalue weighted by Crippen LogP contribution is -2.65. The molecule has 0 nitrogen and oxygen atoms in total. The molecular formula is C33H58. The van der Waals surface area contributed by atoms with Crippen LogP contribution in [0.15, 0.2) is 12.2 Å². The number of hydrogen-bond acceptors (Lipinski definition) is 0. The van der Waals surface area contributed by atoms with Gasteiger partial charge in [-0.15, -0.1) is 0 Å². The molecule has 0 saturated heterocycles. The first-order valence-corrected chi connectivity index (χ1v) is 15.1. The second-order valence-corrected chi connectivity index (χ2v) is 14.7. The topological polar surface area (TPSA) is 0 Å². The molecule has 0 radical (unpaired) electrons. The van der Waals surface area contributed by atoms with Crippen LogP contribution >= 0.6 is 0 Å². The molecule has 0 aromatic carbocycles. The minimum atomic E-state index is 0.535. The van der Waals surface area contributed by atoms with Gasteiger partial charge in [-0.2, -0.15) is 0 Å². The second kappa shape index (κ2) is 8.40. The van der Waals surface area contributed by atoms with Crippen molar-refractivity contribution in [3.05, 3.63) is 12.2 Å². The summed E-state index contributed by atoms with van der Waals surface area (Å²) in [4.78, 5) is 0. The van der Waals surface area contributed by atoms with Gasteiger partial charge in [-0.1, -0.05) is 80.4 Å². The monoisotopic (exact) mass is 454 g/mol. The highest BCUT2D eigenvalue weighted by Crippen LogP contribution is 2.77. The van der Waals surface area contributed by atoms with Crippen molar-refractivity contribution in [2.45, 2.75) is 139 Å². The molecule has 0 heterocycles. The summed E-state index contributed by atoms with van der Waals surface area (Å²) in [6.45, 7) is 27.0. The van der Waals surface area contributed by atoms with Gasteiger partial charge < -0.3 is 0 Å². The normalized spacial score (nSPS) is 52.3. The highest BCUT2D eigenvalue weighted by atomic mass is 14.7. The van der Waals surface area contributed by atoms with Gasteiger partial charge in [-0.05, 0) is 128 Å². The molecule has 5 aliphatic carbocycles. The number of hydrogen-bond donors (Lipinski definition) is 0. The van der Waals surface area contributed by atoms with E-state index in [4.69, 9.17) is 0 Å². The summed E-state index contributed by atoms with van der Waals surface area (Å²) in [7, 11) is 0. The van der Waals surface area contributed by atoms with E-state index in [9.17, 15) is 0 Å². The second-order valence-electron chi connectivity index (χ2n) is 14.7. The van der Waals surface area contributed by atoms with Crippen LogP contribution in [0, 0.1) is 56.7 Å². The fourth-order valence-corrected chi connectivity index (χ4v) is 12.0. The van der Waals surface area contributed by atoms with Crippen LogP contribution in [0.5, 0.6) is 0 Å². The molecule has 0 N–H and O–H groups in total. The predicted molar refractivity (Wildman–Crippen MR) is 145 cm³/mol. The van der Waals surface area contributed by atoms with Crippen molar-refractivity contribution in [3.8, 4) is 0 Å². The van der Waals surface area contributed by atoms with E-state index in [1.165, 1.54) is 82.6 Å². The highest BCUT2D eigenvalue weighted by Gasteiger charge is 2.69. The maximum atomic E-state index is 4.53. The van der Waals surface area contributed by atoms with Gasteiger partial charge in [0.15, 0.2) is 0 Å². The standard InChI is InChI=1S/C31H52.C2H6/c1-9-31-18-13-22(21(2)3)26(31)23-11-12-25-28(6)16-10-15-27(4,5)24(28)14-17-30(25,8)29(23,7)19-20-31;1-2/h22-26H,2,9-20H2,1,3-8H3;1-2H3/t22-,23?,24?,25?,26?,28-,29+,30+,31+;/m0./s1. The lowest BCUT2D eigenvalue weighted by molar-refractivity contribution is -0.236. The SMILES string of the molecule is C=C(C)[C@@H]1CC[C@]2(CC)CC[C@]3(C)C(CCC4[C@@]5(C)CCCC(C)(C)C5CC[C@]43C)C12.CC. The lowest BCUT2D eigenvalue weighted by Gasteiger charge is -2.72. The van der Waals surface area contributed by atoms with E-state index in [0.29, 0.717) is 27.1 Å². The van der Waals surface area contributed by atoms with Crippen LogP contribution in [-0.2, 0) is 0 Å². The molecule has 9 atom stereocenters. The quantitative estimate of drug-likeness (QED) is 0.364. The minimum absolute atomic E-state index is 0.535. The van der Waals surface area contributed by atoms with Gasteiger partial charge in [-0.25, -0.2) is 0 Å². The fourth-order valence-electron chi connectivity index (χ4n) is 12.0. The fraction of sp³-hybridized carbons (Fsp3) is 0.939. The molecule has 5 fully saturated rings. The van der Waals surface area contributed by atoms with E-state index in [-0.39, 0.29) is 0 Å². The third kappa shape index (κ3) is 3.34. The Hall–Kier alpha value is -0.260. The number of allylic oxidation sites excluding steroid dienone is 1. The summed E-state index contributed by atoms with van der Waals surface area (Å²) in [5.74, 6) is 4.53. The molecule has 5 aliphatic rings. The molecule has 0 amide bonds. The Morgan fingerprint density at radius 3 is 2.09 bits per heavy atom. The zero-order chi connectivity index (χ0) is 24.4. The Morgan fingerprint density at radius 1 is 0.758 bits per heavy atom. The van der Waals surface area contributed by atoms with Crippen molar-refractivity contribution in [2.75, 3.05) is 0 Å². The molecule has 190 valence electrons. The molecule has 0 aliphatic heterocycles. The van der Waals surface area contributed by atoms with Crippen molar-refractivity contribution < 1.29 is 0 Å². The van der Waals surface area contributed by atoms with E-state index < -0.39 is 0 Å². The Kier molecular flexibility index (Phi) is 6.58. The number of fused-ring (bicyclic) bond motifs is 7. The van der Waals surface area contributed by atoms with Crippen molar-refractivity contribution in [3.63, 3.8) is 0 Å². The average Bonchev–Trinajstić information content (AvgIpc) is 3.15. The van der Waals surface area contributed by atoms with Crippen LogP contribution in [0.3, 0.4) is 0 Å². The van der Waals surface area contributed by atoms with Gasteiger partial charge in [-0.3, -0.25) is 0 Å². The van der Waals surface area contributed by atoms with Crippen LogP contribution in [0.1, 0.15) is 139 Å². The summed E-state index contributed by atoms with van der Waals surface area (Å²) < 4.78 is 0. The average molecular weight is 455 g/mol. The van der Waals surface area contributed by atoms with Gasteiger partial charge in [0.2, 0.25) is 0 Å². The van der Waals surface area contributed by atoms with Crippen LogP contribution in [0.2, 0.25) is 0 Å². The van der Waals surface area contributed by atoms with E-state index in [1.807, 2.05) is 13.8 Å². The van der Waals surface area contributed by atoms with Crippen molar-refractivity contribution in [1.29, 1.82) is 0 Å². The summed E-state index contributed by atoms with van der Waals surface area (Å²) in [5.41, 5.74) is 4.33. The number of rotatable bonds is 2. The summed E-state index contributed by atoms with van der Waals surface area (Å²) >= 11 is 0. The maximum Gasteiger partial charge on any atom is -0.0172 e. The van der Waals surface area contributed by atoms with E-state index in [2.05, 4.69) is 55.0 Å². The van der Waals surface area contributed by atoms with Crippen molar-refractivity contribution in [2.24, 2.45) is 56.7 Å². The third-order valence-electron chi connectivity index (χ3n) is 13.7. The first kappa shape index (κ1) is 25.8. The first-order chi connectivity index (χ1) is 15.5. The van der Waals surface area contributed by atoms with Crippen LogP contribution in [0.25, 0.3) is 0 Å². The molecule has 0 spiro atoms. The van der Waals surface area contributed by atoms with Crippen molar-refractivity contribution >= 4 is 0 Å². The predicted octanol–water partition coefficient (Wildman–Crippen LogP) is 10.5. The Balaban J connectivity index is 0.00000126. The minimum Gasteiger partial charge on any atom is -0.0998 e. The van der Waals surface area contributed by atoms with Gasteiger partial charge in [0.05, 0.1) is 0 Å². The maximum absolute atomic E-state index is 4.53. The Labute approximate surface area is 208 Å². The molecule has 4 unspecified atom stereocenters. The van der Waals surface area contributed by atoms with Crippen LogP contribution in [-0.4, -0.2) is 0 Å². The van der Waals surface area contributed by atoms with Crippen LogP contribution in [0.4, 0.5) is 0 Å². The van der Waals surface area contributed by atoms with Crippen LogP contribution < -0.4 is 0 Å². The molecule has 5 saturated carbocycles. The highest BCUT2D eigenvalue weighted by molar-refractivity contribution is 5.21. The smallest absolute Gasteiger partial charge is 0.0172 e. The van der Waals surface area contributed by atoms with Crippen molar-refractivity contribution in [1.82, 2.24) is 0 Å². The molecule has 33 heavy (non-hydrogen) atoms. The van der Waals surface area contributed by atoms with Gasteiger partial charge in [0.1, 0.15) is 0 Å². The van der Waals surface area contributed by atoms with Gasteiger partial charge in [0.25, 0.3) is 0 Å². The van der Waals surface area contributed by atoms with Gasteiger partial charge in [0, 0.05) is 0 Å². The molecule has 0 bridgehead atoms. The molecular weight excluding hydrogens is 396 g/mol. The van der Waals surface area contributed by atoms with E-state index >= 15 is 0 Å². The molecule has 0 heteroatoms. The Morgan fingerprint density at radius 2 is 1.45 bits per heavy atom. The molecule has 0 aromatic heterocycles. The first-order valence-electron chi connectivity index (χ1n) is 15.1. The zero-order valence-corrected chi connectivity index (χ0v) is 24.1. The molecule has 0 aromatic rings.